The summed E-state index contributed by atoms with van der Waals surface area (Å²) in [6, 6.07) is 5.86. The Morgan fingerprint density at radius 1 is 1.14 bits per heavy atom. The number of nitrogens with zero attached hydrogens (tertiary/aromatic N) is 1. The van der Waals surface area contributed by atoms with Crippen molar-refractivity contribution in [2.24, 2.45) is 0 Å². The molecule has 0 saturated carbocycles. The van der Waals surface area contributed by atoms with Gasteiger partial charge in [-0.05, 0) is 54.1 Å². The second-order valence-electron chi connectivity index (χ2n) is 5.97. The molecule has 152 valence electrons. The van der Waals surface area contributed by atoms with Gasteiger partial charge in [-0.2, -0.15) is 0 Å². The Hall–Kier alpha value is -3.07. The normalized spacial score (nSPS) is 15.6. The number of rotatable bonds is 7. The molecule has 0 spiro atoms. The highest BCUT2D eigenvalue weighted by atomic mass is 79.9. The summed E-state index contributed by atoms with van der Waals surface area (Å²) in [6.45, 7) is 4.44. The number of furan rings is 1. The summed E-state index contributed by atoms with van der Waals surface area (Å²) < 4.78 is 17.0. The zero-order valence-electron chi connectivity index (χ0n) is 15.9. The fourth-order valence-electron chi connectivity index (χ4n) is 2.76. The third-order valence-corrected chi connectivity index (χ3v) is 4.66. The van der Waals surface area contributed by atoms with E-state index in [4.69, 9.17) is 13.9 Å². The molecule has 0 radical (unpaired) electrons. The Bertz CT molecular complexity index is 968. The molecule has 29 heavy (non-hydrogen) atoms. The number of hydrogen-bond donors (Lipinski definition) is 1. The standard InChI is InChI=1S/C20H19BrN2O6/c1-3-27-16-10-17(28-4-2)15(21)9-12(16)8-14-18(24)22-20(26)23(19(14)25)11-13-6-5-7-29-13/h5-10H,3-4,11H2,1-2H3,(H,22,24,26)/b14-8+. The van der Waals surface area contributed by atoms with Gasteiger partial charge in [0, 0.05) is 11.6 Å². The molecule has 0 atom stereocenters. The highest BCUT2D eigenvalue weighted by Crippen LogP contribution is 2.35. The number of imide groups is 2. The molecule has 4 amide bonds. The van der Waals surface area contributed by atoms with Crippen LogP contribution in [-0.2, 0) is 16.1 Å². The number of carbonyl (C=O) groups excluding carboxylic acids is 3. The molecular weight excluding hydrogens is 444 g/mol. The molecule has 2 aromatic rings. The fourth-order valence-corrected chi connectivity index (χ4v) is 3.24. The predicted molar refractivity (Wildman–Crippen MR) is 107 cm³/mol. The maximum atomic E-state index is 12.9. The summed E-state index contributed by atoms with van der Waals surface area (Å²) in [7, 11) is 0. The van der Waals surface area contributed by atoms with Gasteiger partial charge in [0.25, 0.3) is 11.8 Å². The van der Waals surface area contributed by atoms with Crippen LogP contribution in [0.3, 0.4) is 0 Å². The summed E-state index contributed by atoms with van der Waals surface area (Å²) in [5.74, 6) is -0.0550. The molecule has 1 aliphatic rings. The third-order valence-electron chi connectivity index (χ3n) is 4.04. The Labute approximate surface area is 175 Å². The van der Waals surface area contributed by atoms with Gasteiger partial charge in [0.1, 0.15) is 22.8 Å². The molecule has 0 bridgehead atoms. The van der Waals surface area contributed by atoms with Crippen molar-refractivity contribution in [3.05, 3.63) is 51.9 Å². The van der Waals surface area contributed by atoms with Crippen molar-refractivity contribution in [2.75, 3.05) is 13.2 Å². The fraction of sp³-hybridized carbons (Fsp3) is 0.250. The van der Waals surface area contributed by atoms with E-state index in [2.05, 4.69) is 21.2 Å². The van der Waals surface area contributed by atoms with E-state index in [1.165, 1.54) is 12.3 Å². The molecule has 3 rings (SSSR count). The van der Waals surface area contributed by atoms with Gasteiger partial charge in [-0.3, -0.25) is 19.8 Å². The van der Waals surface area contributed by atoms with Crippen LogP contribution in [0.25, 0.3) is 6.08 Å². The first-order valence-electron chi connectivity index (χ1n) is 8.95. The van der Waals surface area contributed by atoms with Crippen LogP contribution in [0.1, 0.15) is 25.2 Å². The van der Waals surface area contributed by atoms with Gasteiger partial charge in [0.2, 0.25) is 0 Å². The molecular formula is C20H19BrN2O6. The average molecular weight is 463 g/mol. The number of urea groups is 1. The van der Waals surface area contributed by atoms with E-state index in [1.54, 1.807) is 24.3 Å². The van der Waals surface area contributed by atoms with Crippen molar-refractivity contribution in [2.45, 2.75) is 20.4 Å². The largest absolute Gasteiger partial charge is 0.493 e. The highest BCUT2D eigenvalue weighted by molar-refractivity contribution is 9.10. The molecule has 2 heterocycles. The molecule has 0 aliphatic carbocycles. The van der Waals surface area contributed by atoms with Gasteiger partial charge in [-0.1, -0.05) is 0 Å². The summed E-state index contributed by atoms with van der Waals surface area (Å²) in [5.41, 5.74) is 0.307. The summed E-state index contributed by atoms with van der Waals surface area (Å²) in [5, 5.41) is 2.18. The smallest absolute Gasteiger partial charge is 0.331 e. The monoisotopic (exact) mass is 462 g/mol. The number of hydrogen-bond acceptors (Lipinski definition) is 6. The molecule has 1 fully saturated rings. The number of carbonyl (C=O) groups is 3. The number of amides is 4. The van der Waals surface area contributed by atoms with E-state index in [9.17, 15) is 14.4 Å². The Morgan fingerprint density at radius 2 is 1.86 bits per heavy atom. The number of nitrogens with one attached hydrogen (secondary N) is 1. The van der Waals surface area contributed by atoms with Crippen LogP contribution in [0.15, 0.2) is 45.0 Å². The highest BCUT2D eigenvalue weighted by Gasteiger charge is 2.36. The minimum Gasteiger partial charge on any atom is -0.493 e. The van der Waals surface area contributed by atoms with Crippen molar-refractivity contribution in [3.8, 4) is 11.5 Å². The topological polar surface area (TPSA) is 98.1 Å². The minimum atomic E-state index is -0.800. The Balaban J connectivity index is 1.99. The van der Waals surface area contributed by atoms with Crippen molar-refractivity contribution in [1.29, 1.82) is 0 Å². The second-order valence-corrected chi connectivity index (χ2v) is 6.83. The van der Waals surface area contributed by atoms with E-state index in [-0.39, 0.29) is 12.1 Å². The van der Waals surface area contributed by atoms with Crippen LogP contribution in [0, 0.1) is 0 Å². The second kappa shape index (κ2) is 8.95. The predicted octanol–water partition coefficient (Wildman–Crippen LogP) is 3.50. The van der Waals surface area contributed by atoms with Gasteiger partial charge in [0.15, 0.2) is 0 Å². The molecule has 1 aliphatic heterocycles. The first kappa shape index (κ1) is 20.7. The van der Waals surface area contributed by atoms with Crippen molar-refractivity contribution in [1.82, 2.24) is 10.2 Å². The van der Waals surface area contributed by atoms with Crippen LogP contribution in [-0.4, -0.2) is 36.0 Å². The summed E-state index contributed by atoms with van der Waals surface area (Å²) in [6.07, 6.45) is 2.83. The summed E-state index contributed by atoms with van der Waals surface area (Å²) in [4.78, 5) is 38.2. The first-order valence-corrected chi connectivity index (χ1v) is 9.74. The maximum absolute atomic E-state index is 12.9. The number of ether oxygens (including phenoxy) is 2. The van der Waals surface area contributed by atoms with Crippen LogP contribution >= 0.6 is 15.9 Å². The third kappa shape index (κ3) is 4.51. The first-order chi connectivity index (χ1) is 13.9. The van der Waals surface area contributed by atoms with Gasteiger partial charge in [0.05, 0.1) is 30.5 Å². The number of barbiturate groups is 1. The quantitative estimate of drug-likeness (QED) is 0.499. The zero-order valence-corrected chi connectivity index (χ0v) is 17.4. The lowest BCUT2D eigenvalue weighted by Crippen LogP contribution is -2.53. The van der Waals surface area contributed by atoms with Crippen LogP contribution < -0.4 is 14.8 Å². The van der Waals surface area contributed by atoms with E-state index >= 15 is 0 Å². The zero-order chi connectivity index (χ0) is 21.0. The average Bonchev–Trinajstić information content (AvgIpc) is 3.19. The SMILES string of the molecule is CCOc1cc(OCC)c(/C=C2\C(=O)NC(=O)N(Cc3ccco3)C2=O)cc1Br. The molecule has 9 heteroatoms. The van der Waals surface area contributed by atoms with E-state index in [1.807, 2.05) is 13.8 Å². The lowest BCUT2D eigenvalue weighted by atomic mass is 10.1. The van der Waals surface area contributed by atoms with E-state index < -0.39 is 17.8 Å². The molecule has 8 nitrogen and oxygen atoms in total. The van der Waals surface area contributed by atoms with Crippen molar-refractivity contribution in [3.63, 3.8) is 0 Å². The summed E-state index contributed by atoms with van der Waals surface area (Å²) >= 11 is 3.42. The van der Waals surface area contributed by atoms with Gasteiger partial charge in [-0.25, -0.2) is 4.79 Å². The van der Waals surface area contributed by atoms with Crippen molar-refractivity contribution >= 4 is 39.9 Å². The van der Waals surface area contributed by atoms with Gasteiger partial charge in [-0.15, -0.1) is 0 Å². The van der Waals surface area contributed by atoms with Crippen molar-refractivity contribution < 1.29 is 28.3 Å². The number of benzene rings is 1. The molecule has 1 N–H and O–H groups in total. The van der Waals surface area contributed by atoms with E-state index in [0.29, 0.717) is 40.5 Å². The van der Waals surface area contributed by atoms with Crippen LogP contribution in [0.5, 0.6) is 11.5 Å². The maximum Gasteiger partial charge on any atom is 0.331 e. The Morgan fingerprint density at radius 3 is 2.52 bits per heavy atom. The number of halogens is 1. The minimum absolute atomic E-state index is 0.0897. The van der Waals surface area contributed by atoms with Crippen LogP contribution in [0.4, 0.5) is 4.79 Å². The Kier molecular flexibility index (Phi) is 6.38. The van der Waals surface area contributed by atoms with Crippen LogP contribution in [0.2, 0.25) is 0 Å². The lowest BCUT2D eigenvalue weighted by Gasteiger charge is -2.25. The van der Waals surface area contributed by atoms with Gasteiger partial charge < -0.3 is 13.9 Å². The molecule has 1 saturated heterocycles. The van der Waals surface area contributed by atoms with E-state index in [0.717, 1.165) is 4.90 Å². The van der Waals surface area contributed by atoms with Gasteiger partial charge >= 0.3 is 6.03 Å². The lowest BCUT2D eigenvalue weighted by molar-refractivity contribution is -0.130. The molecule has 1 aromatic carbocycles. The molecule has 1 aromatic heterocycles. The molecule has 0 unspecified atom stereocenters.